The quantitative estimate of drug-likeness (QED) is 0.312. The first-order valence-corrected chi connectivity index (χ1v) is 6.54. The van der Waals surface area contributed by atoms with Gasteiger partial charge in [0.2, 0.25) is 0 Å². The van der Waals surface area contributed by atoms with Gasteiger partial charge in [0.25, 0.3) is 5.91 Å². The van der Waals surface area contributed by atoms with Crippen LogP contribution in [0.15, 0.2) is 0 Å². The highest BCUT2D eigenvalue weighted by molar-refractivity contribution is 7.53. The third-order valence-electron chi connectivity index (χ3n) is 2.53. The molecule has 0 aliphatic rings. The van der Waals surface area contributed by atoms with Gasteiger partial charge in [0, 0.05) is 0 Å². The first-order chi connectivity index (χ1) is 6.86. The predicted octanol–water partition coefficient (Wildman–Crippen LogP) is 0.864. The largest absolute Gasteiger partial charge is 0.338 e. The van der Waals surface area contributed by atoms with Gasteiger partial charge in [-0.1, -0.05) is 26.7 Å². The molecule has 0 saturated heterocycles. The van der Waals surface area contributed by atoms with E-state index < -0.39 is 19.2 Å². The Morgan fingerprint density at radius 3 is 2.07 bits per heavy atom. The maximum atomic E-state index is 11.1. The molecule has 15 heavy (non-hydrogen) atoms. The number of hydroxylamine groups is 1. The lowest BCUT2D eigenvalue weighted by Crippen LogP contribution is -2.33. The Labute approximate surface area is 88.8 Å². The Morgan fingerprint density at radius 1 is 1.33 bits per heavy atom. The Morgan fingerprint density at radius 2 is 1.80 bits per heavy atom. The molecule has 0 saturated carbocycles. The SMILES string of the molecule is CCC(CC)CC(C(=O)NO)P(=O)(O)O. The van der Waals surface area contributed by atoms with Crippen LogP contribution in [0.2, 0.25) is 0 Å². The molecule has 0 aromatic rings. The highest BCUT2D eigenvalue weighted by Gasteiger charge is 2.36. The molecule has 1 atom stereocenters. The Balaban J connectivity index is 4.66. The average molecular weight is 239 g/mol. The van der Waals surface area contributed by atoms with Gasteiger partial charge in [-0.05, 0) is 12.3 Å². The third-order valence-corrected chi connectivity index (χ3v) is 3.79. The van der Waals surface area contributed by atoms with Gasteiger partial charge in [-0.3, -0.25) is 14.6 Å². The van der Waals surface area contributed by atoms with E-state index in [1.807, 2.05) is 13.8 Å². The van der Waals surface area contributed by atoms with E-state index in [-0.39, 0.29) is 12.3 Å². The van der Waals surface area contributed by atoms with Crippen LogP contribution in [0.3, 0.4) is 0 Å². The van der Waals surface area contributed by atoms with Crippen molar-refractivity contribution < 1.29 is 24.4 Å². The molecule has 0 aliphatic carbocycles. The van der Waals surface area contributed by atoms with Crippen LogP contribution >= 0.6 is 7.60 Å². The zero-order chi connectivity index (χ0) is 12.1. The molecule has 0 aromatic heterocycles. The van der Waals surface area contributed by atoms with E-state index in [1.54, 1.807) is 0 Å². The van der Waals surface area contributed by atoms with Crippen LogP contribution in [0.5, 0.6) is 0 Å². The summed E-state index contributed by atoms with van der Waals surface area (Å²) in [6, 6.07) is 0. The predicted molar refractivity (Wildman–Crippen MR) is 54.5 cm³/mol. The van der Waals surface area contributed by atoms with Gasteiger partial charge < -0.3 is 9.79 Å². The van der Waals surface area contributed by atoms with E-state index in [2.05, 4.69) is 0 Å². The number of carbonyl (C=O) groups is 1. The first kappa shape index (κ1) is 14.6. The van der Waals surface area contributed by atoms with Crippen LogP contribution in [0.4, 0.5) is 0 Å². The monoisotopic (exact) mass is 239 g/mol. The highest BCUT2D eigenvalue weighted by atomic mass is 31.2. The molecule has 1 amide bonds. The van der Waals surface area contributed by atoms with Gasteiger partial charge in [-0.2, -0.15) is 0 Å². The summed E-state index contributed by atoms with van der Waals surface area (Å²) in [7, 11) is -4.50. The summed E-state index contributed by atoms with van der Waals surface area (Å²) in [6.07, 6.45) is 1.57. The maximum Gasteiger partial charge on any atom is 0.338 e. The van der Waals surface area contributed by atoms with Gasteiger partial charge in [0.05, 0.1) is 0 Å². The topological polar surface area (TPSA) is 107 Å². The second-order valence-electron chi connectivity index (χ2n) is 3.50. The average Bonchev–Trinajstić information content (AvgIpc) is 2.16. The van der Waals surface area contributed by atoms with Crippen molar-refractivity contribution in [1.29, 1.82) is 0 Å². The van der Waals surface area contributed by atoms with Crippen molar-refractivity contribution in [2.45, 2.75) is 38.8 Å². The number of hydrogen-bond acceptors (Lipinski definition) is 3. The minimum Gasteiger partial charge on any atom is -0.324 e. The van der Waals surface area contributed by atoms with Crippen molar-refractivity contribution >= 4 is 13.5 Å². The molecular formula is C8H18NO5P. The summed E-state index contributed by atoms with van der Waals surface area (Å²) >= 11 is 0. The fraction of sp³-hybridized carbons (Fsp3) is 0.875. The van der Waals surface area contributed by atoms with E-state index in [1.165, 1.54) is 5.48 Å². The standard InChI is InChI=1S/C8H18NO5P/c1-3-6(4-2)5-7(8(10)9-11)15(12,13)14/h6-7,11H,3-5H2,1-2H3,(H,9,10)(H2,12,13,14). The molecule has 0 heterocycles. The molecule has 7 heteroatoms. The summed E-state index contributed by atoms with van der Waals surface area (Å²) in [6.45, 7) is 3.78. The van der Waals surface area contributed by atoms with Crippen molar-refractivity contribution in [3.8, 4) is 0 Å². The molecular weight excluding hydrogens is 221 g/mol. The van der Waals surface area contributed by atoms with Gasteiger partial charge in [-0.15, -0.1) is 0 Å². The van der Waals surface area contributed by atoms with Gasteiger partial charge >= 0.3 is 7.60 Å². The summed E-state index contributed by atoms with van der Waals surface area (Å²) < 4.78 is 11.0. The molecule has 0 radical (unpaired) electrons. The zero-order valence-corrected chi connectivity index (χ0v) is 9.78. The van der Waals surface area contributed by atoms with Crippen molar-refractivity contribution in [3.05, 3.63) is 0 Å². The summed E-state index contributed by atoms with van der Waals surface area (Å²) in [5.74, 6) is -0.949. The zero-order valence-electron chi connectivity index (χ0n) is 8.88. The maximum absolute atomic E-state index is 11.1. The second kappa shape index (κ2) is 6.23. The molecule has 0 fully saturated rings. The number of rotatable bonds is 6. The molecule has 0 rings (SSSR count). The first-order valence-electron chi connectivity index (χ1n) is 4.85. The van der Waals surface area contributed by atoms with Gasteiger partial charge in [0.15, 0.2) is 0 Å². The lowest BCUT2D eigenvalue weighted by atomic mass is 9.97. The Bertz CT molecular complexity index is 247. The van der Waals surface area contributed by atoms with E-state index in [4.69, 9.17) is 15.0 Å². The lowest BCUT2D eigenvalue weighted by molar-refractivity contribution is -0.129. The Kier molecular flexibility index (Phi) is 6.05. The summed E-state index contributed by atoms with van der Waals surface area (Å²) in [4.78, 5) is 29.0. The van der Waals surface area contributed by atoms with Gasteiger partial charge in [-0.25, -0.2) is 5.48 Å². The highest BCUT2D eigenvalue weighted by Crippen LogP contribution is 2.44. The van der Waals surface area contributed by atoms with E-state index in [0.29, 0.717) is 0 Å². The fourth-order valence-corrected chi connectivity index (χ4v) is 2.35. The van der Waals surface area contributed by atoms with Crippen molar-refractivity contribution in [3.63, 3.8) is 0 Å². The number of nitrogens with one attached hydrogen (secondary N) is 1. The summed E-state index contributed by atoms with van der Waals surface area (Å²) in [5.41, 5.74) is -0.157. The number of hydrogen-bond donors (Lipinski definition) is 4. The molecule has 0 bridgehead atoms. The number of carbonyl (C=O) groups excluding carboxylic acids is 1. The number of amides is 1. The van der Waals surface area contributed by atoms with E-state index in [9.17, 15) is 9.36 Å². The van der Waals surface area contributed by atoms with Crippen molar-refractivity contribution in [1.82, 2.24) is 5.48 Å². The van der Waals surface area contributed by atoms with Crippen LogP contribution in [-0.2, 0) is 9.36 Å². The van der Waals surface area contributed by atoms with E-state index in [0.717, 1.165) is 12.8 Å². The molecule has 6 nitrogen and oxygen atoms in total. The third kappa shape index (κ3) is 4.75. The second-order valence-corrected chi connectivity index (χ2v) is 5.30. The molecule has 4 N–H and O–H groups in total. The van der Waals surface area contributed by atoms with Crippen LogP contribution in [0.25, 0.3) is 0 Å². The van der Waals surface area contributed by atoms with Gasteiger partial charge in [0.1, 0.15) is 5.66 Å². The molecule has 0 aliphatic heterocycles. The minimum absolute atomic E-state index is 0.0694. The summed E-state index contributed by atoms with van der Waals surface area (Å²) in [5, 5.41) is 8.38. The smallest absolute Gasteiger partial charge is 0.324 e. The van der Waals surface area contributed by atoms with Crippen LogP contribution < -0.4 is 5.48 Å². The normalized spacial score (nSPS) is 14.0. The molecule has 0 spiro atoms. The lowest BCUT2D eigenvalue weighted by Gasteiger charge is -2.20. The van der Waals surface area contributed by atoms with Crippen LogP contribution in [-0.4, -0.2) is 26.6 Å². The molecule has 1 unspecified atom stereocenters. The van der Waals surface area contributed by atoms with Crippen molar-refractivity contribution in [2.75, 3.05) is 0 Å². The van der Waals surface area contributed by atoms with Crippen LogP contribution in [0.1, 0.15) is 33.1 Å². The van der Waals surface area contributed by atoms with E-state index >= 15 is 0 Å². The molecule has 0 aromatic carbocycles. The Hall–Kier alpha value is -0.420. The minimum atomic E-state index is -4.50. The van der Waals surface area contributed by atoms with Crippen molar-refractivity contribution in [2.24, 2.45) is 5.92 Å². The fourth-order valence-electron chi connectivity index (χ4n) is 1.41. The molecule has 90 valence electrons. The van der Waals surface area contributed by atoms with Crippen LogP contribution in [0, 0.1) is 5.92 Å².